The van der Waals surface area contributed by atoms with Crippen molar-refractivity contribution in [1.82, 2.24) is 0 Å². The minimum absolute atomic E-state index is 0.0413. The lowest BCUT2D eigenvalue weighted by atomic mass is 10.1. The van der Waals surface area contributed by atoms with Gasteiger partial charge in [0, 0.05) is 22.0 Å². The molecule has 6 nitrogen and oxygen atoms in total. The lowest BCUT2D eigenvalue weighted by Crippen LogP contribution is -2.04. The van der Waals surface area contributed by atoms with Gasteiger partial charge in [-0.3, -0.25) is 10.1 Å². The number of non-ortho nitro benzene ring substituents is 1. The molecule has 0 spiro atoms. The summed E-state index contributed by atoms with van der Waals surface area (Å²) in [4.78, 5) is 21.8. The van der Waals surface area contributed by atoms with Crippen LogP contribution in [0.1, 0.15) is 10.4 Å². The number of benzene rings is 3. The molecule has 24 heavy (non-hydrogen) atoms. The number of rotatable bonds is 4. The number of nitro groups is 1. The van der Waals surface area contributed by atoms with Crippen molar-refractivity contribution in [1.29, 1.82) is 0 Å². The molecule has 0 unspecified atom stereocenters. The Bertz CT molecular complexity index is 972. The zero-order valence-corrected chi connectivity index (χ0v) is 13.8. The monoisotopic (exact) mass is 386 g/mol. The van der Waals surface area contributed by atoms with Gasteiger partial charge in [-0.25, -0.2) is 4.79 Å². The Morgan fingerprint density at radius 2 is 1.88 bits per heavy atom. The van der Waals surface area contributed by atoms with Crippen molar-refractivity contribution in [3.63, 3.8) is 0 Å². The molecule has 0 radical (unpaired) electrons. The molecule has 0 saturated carbocycles. The Balaban J connectivity index is 2.18. The van der Waals surface area contributed by atoms with Crippen LogP contribution in [0.4, 0.5) is 17.1 Å². The van der Waals surface area contributed by atoms with Gasteiger partial charge in [0.25, 0.3) is 5.69 Å². The summed E-state index contributed by atoms with van der Waals surface area (Å²) < 4.78 is 0.726. The Labute approximate surface area is 145 Å². The molecule has 0 saturated heterocycles. The third-order valence-electron chi connectivity index (χ3n) is 3.58. The fourth-order valence-corrected chi connectivity index (χ4v) is 2.89. The number of halogens is 1. The quantitative estimate of drug-likeness (QED) is 0.488. The van der Waals surface area contributed by atoms with Gasteiger partial charge in [-0.2, -0.15) is 0 Å². The van der Waals surface area contributed by atoms with Crippen molar-refractivity contribution < 1.29 is 14.8 Å². The second kappa shape index (κ2) is 6.29. The zero-order chi connectivity index (χ0) is 17.3. The fraction of sp³-hybridized carbons (Fsp3) is 0. The second-order valence-electron chi connectivity index (χ2n) is 5.06. The highest BCUT2D eigenvalue weighted by Gasteiger charge is 2.17. The van der Waals surface area contributed by atoms with Crippen molar-refractivity contribution >= 4 is 49.7 Å². The standard InChI is InChI=1S/C17H11BrN2O4/c18-14-8-5-10-3-1-2-4-12(10)16(14)19-15-9-11(20(23)24)6-7-13(15)17(21)22/h1-9,19H,(H,21,22). The molecule has 0 fully saturated rings. The summed E-state index contributed by atoms with van der Waals surface area (Å²) in [5.74, 6) is -1.16. The molecule has 0 aromatic heterocycles. The molecular formula is C17H11BrN2O4. The summed E-state index contributed by atoms with van der Waals surface area (Å²) in [6.45, 7) is 0. The SMILES string of the molecule is O=C(O)c1ccc([N+](=O)[O-])cc1Nc1c(Br)ccc2ccccc12. The van der Waals surface area contributed by atoms with E-state index in [1.165, 1.54) is 18.2 Å². The van der Waals surface area contributed by atoms with E-state index in [1.807, 2.05) is 36.4 Å². The molecule has 0 amide bonds. The van der Waals surface area contributed by atoms with Crippen LogP contribution < -0.4 is 5.32 Å². The van der Waals surface area contributed by atoms with Gasteiger partial charge in [-0.1, -0.05) is 30.3 Å². The van der Waals surface area contributed by atoms with Crippen LogP contribution in [0.5, 0.6) is 0 Å². The van der Waals surface area contributed by atoms with E-state index in [9.17, 15) is 20.0 Å². The van der Waals surface area contributed by atoms with Gasteiger partial charge >= 0.3 is 5.97 Å². The molecule has 3 aromatic carbocycles. The van der Waals surface area contributed by atoms with E-state index < -0.39 is 10.9 Å². The summed E-state index contributed by atoms with van der Waals surface area (Å²) in [6.07, 6.45) is 0. The number of fused-ring (bicyclic) bond motifs is 1. The van der Waals surface area contributed by atoms with Gasteiger partial charge in [-0.15, -0.1) is 0 Å². The normalized spacial score (nSPS) is 10.5. The lowest BCUT2D eigenvalue weighted by Gasteiger charge is -2.14. The van der Waals surface area contributed by atoms with E-state index in [1.54, 1.807) is 0 Å². The number of aromatic carboxylic acids is 1. The van der Waals surface area contributed by atoms with Gasteiger partial charge in [0.05, 0.1) is 21.9 Å². The van der Waals surface area contributed by atoms with Crippen LogP contribution in [-0.2, 0) is 0 Å². The number of nitrogens with one attached hydrogen (secondary N) is 1. The first-order valence-electron chi connectivity index (χ1n) is 6.93. The highest BCUT2D eigenvalue weighted by atomic mass is 79.9. The molecule has 0 aliphatic carbocycles. The molecule has 0 heterocycles. The predicted molar refractivity (Wildman–Crippen MR) is 95.0 cm³/mol. The molecule has 120 valence electrons. The highest BCUT2D eigenvalue weighted by Crippen LogP contribution is 2.35. The van der Waals surface area contributed by atoms with E-state index in [0.717, 1.165) is 15.2 Å². The average Bonchev–Trinajstić information content (AvgIpc) is 2.57. The minimum Gasteiger partial charge on any atom is -0.478 e. The van der Waals surface area contributed by atoms with Gasteiger partial charge in [0.15, 0.2) is 0 Å². The van der Waals surface area contributed by atoms with Crippen LogP contribution >= 0.6 is 15.9 Å². The summed E-state index contributed by atoms with van der Waals surface area (Å²) in [5, 5.41) is 25.2. The molecule has 0 atom stereocenters. The maximum Gasteiger partial charge on any atom is 0.337 e. The van der Waals surface area contributed by atoms with Gasteiger partial charge < -0.3 is 10.4 Å². The maximum absolute atomic E-state index is 11.4. The molecule has 7 heteroatoms. The summed E-state index contributed by atoms with van der Waals surface area (Å²) >= 11 is 3.44. The number of carbonyl (C=O) groups is 1. The topological polar surface area (TPSA) is 92.5 Å². The number of hydrogen-bond acceptors (Lipinski definition) is 4. The third-order valence-corrected chi connectivity index (χ3v) is 4.24. The number of carboxylic acids is 1. The molecular weight excluding hydrogens is 376 g/mol. The number of carboxylic acid groups (broad SMARTS) is 1. The number of nitrogens with zero attached hydrogens (tertiary/aromatic N) is 1. The Hall–Kier alpha value is -2.93. The van der Waals surface area contributed by atoms with Crippen LogP contribution in [0.3, 0.4) is 0 Å². The molecule has 3 rings (SSSR count). The Morgan fingerprint density at radius 1 is 1.12 bits per heavy atom. The van der Waals surface area contributed by atoms with Crippen LogP contribution in [0.25, 0.3) is 10.8 Å². The van der Waals surface area contributed by atoms with Crippen LogP contribution in [-0.4, -0.2) is 16.0 Å². The van der Waals surface area contributed by atoms with Gasteiger partial charge in [0.1, 0.15) is 0 Å². The average molecular weight is 387 g/mol. The first-order chi connectivity index (χ1) is 11.5. The molecule has 0 aliphatic rings. The van der Waals surface area contributed by atoms with Crippen molar-refractivity contribution in [3.05, 3.63) is 74.7 Å². The second-order valence-corrected chi connectivity index (χ2v) is 5.92. The van der Waals surface area contributed by atoms with Crippen molar-refractivity contribution in [2.45, 2.75) is 0 Å². The summed E-state index contributed by atoms with van der Waals surface area (Å²) in [7, 11) is 0. The van der Waals surface area contributed by atoms with E-state index in [2.05, 4.69) is 21.2 Å². The molecule has 0 aliphatic heterocycles. The van der Waals surface area contributed by atoms with Crippen LogP contribution in [0.15, 0.2) is 59.1 Å². The fourth-order valence-electron chi connectivity index (χ4n) is 2.44. The van der Waals surface area contributed by atoms with E-state index in [0.29, 0.717) is 5.69 Å². The van der Waals surface area contributed by atoms with Crippen molar-refractivity contribution in [2.24, 2.45) is 0 Å². The highest BCUT2D eigenvalue weighted by molar-refractivity contribution is 9.10. The Kier molecular flexibility index (Phi) is 4.18. The number of anilines is 2. The summed E-state index contributed by atoms with van der Waals surface area (Å²) in [6, 6.07) is 15.0. The maximum atomic E-state index is 11.4. The lowest BCUT2D eigenvalue weighted by molar-refractivity contribution is -0.384. The van der Waals surface area contributed by atoms with Gasteiger partial charge in [0.2, 0.25) is 0 Å². The zero-order valence-electron chi connectivity index (χ0n) is 12.2. The molecule has 2 N–H and O–H groups in total. The largest absolute Gasteiger partial charge is 0.478 e. The first kappa shape index (κ1) is 15.9. The van der Waals surface area contributed by atoms with Crippen molar-refractivity contribution in [3.8, 4) is 0 Å². The number of nitro benzene ring substituents is 1. The van der Waals surface area contributed by atoms with Gasteiger partial charge in [-0.05, 0) is 33.4 Å². The minimum atomic E-state index is -1.16. The van der Waals surface area contributed by atoms with Crippen LogP contribution in [0, 0.1) is 10.1 Å². The predicted octanol–water partition coefficient (Wildman–Crippen LogP) is 4.95. The van der Waals surface area contributed by atoms with E-state index >= 15 is 0 Å². The van der Waals surface area contributed by atoms with Crippen molar-refractivity contribution in [2.75, 3.05) is 5.32 Å². The van der Waals surface area contributed by atoms with E-state index in [-0.39, 0.29) is 16.9 Å². The van der Waals surface area contributed by atoms with E-state index in [4.69, 9.17) is 0 Å². The Morgan fingerprint density at radius 3 is 2.58 bits per heavy atom. The molecule has 3 aromatic rings. The number of hydrogen-bond donors (Lipinski definition) is 2. The first-order valence-corrected chi connectivity index (χ1v) is 7.72. The smallest absolute Gasteiger partial charge is 0.337 e. The molecule has 0 bridgehead atoms. The summed E-state index contributed by atoms with van der Waals surface area (Å²) in [5.41, 5.74) is 0.587. The third kappa shape index (κ3) is 2.93. The van der Waals surface area contributed by atoms with Crippen LogP contribution in [0.2, 0.25) is 0 Å².